The number of nitrogens with two attached hydrogens (primary N) is 7. The summed E-state index contributed by atoms with van der Waals surface area (Å²) in [7, 11) is 2.01. The van der Waals surface area contributed by atoms with Crippen LogP contribution in [0.4, 0.5) is 0 Å². The molecule has 0 bridgehead atoms. The number of aliphatic imine (C=N–C) groups is 1. The first kappa shape index (κ1) is 75.3. The predicted octanol–water partition coefficient (Wildman–Crippen LogP) is -3.31. The van der Waals surface area contributed by atoms with Gasteiger partial charge in [0.25, 0.3) is 0 Å². The van der Waals surface area contributed by atoms with E-state index in [1.807, 2.05) is 24.3 Å². The van der Waals surface area contributed by atoms with Crippen LogP contribution in [0.3, 0.4) is 0 Å². The fourth-order valence-corrected chi connectivity index (χ4v) is 14.8. The molecule has 96 heavy (non-hydrogen) atoms. The van der Waals surface area contributed by atoms with Gasteiger partial charge >= 0.3 is 0 Å². The quantitative estimate of drug-likeness (QED) is 0.0171. The van der Waals surface area contributed by atoms with E-state index in [1.165, 1.54) is 27.2 Å². The van der Waals surface area contributed by atoms with E-state index in [1.54, 1.807) is 6.20 Å². The number of hydrogen-bond donors (Lipinski definition) is 16. The third-order valence-corrected chi connectivity index (χ3v) is 20.1. The Hall–Kier alpha value is -8.05. The lowest BCUT2D eigenvalue weighted by atomic mass is 10.0. The van der Waals surface area contributed by atoms with Gasteiger partial charge in [0, 0.05) is 73.1 Å². The van der Waals surface area contributed by atoms with Crippen molar-refractivity contribution >= 4 is 103 Å². The Morgan fingerprint density at radius 1 is 0.604 bits per heavy atom. The fraction of sp³-hybridized carbons (Fsp3) is 0.629. The van der Waals surface area contributed by atoms with Gasteiger partial charge < -0.3 is 102 Å². The van der Waals surface area contributed by atoms with Crippen molar-refractivity contribution in [2.24, 2.45) is 45.1 Å². The number of carbonyl (C=O) groups excluding carboxylic acids is 11. The largest absolute Gasteiger partial charge is 0.370 e. The molecule has 4 aliphatic rings. The summed E-state index contributed by atoms with van der Waals surface area (Å²) in [5.41, 5.74) is 43.4. The molecule has 0 unspecified atom stereocenters. The minimum Gasteiger partial charge on any atom is -0.370 e. The van der Waals surface area contributed by atoms with Gasteiger partial charge in [-0.2, -0.15) is 0 Å². The van der Waals surface area contributed by atoms with Crippen molar-refractivity contribution in [2.45, 2.75) is 188 Å². The maximum Gasteiger partial charge on any atom is 0.245 e. The van der Waals surface area contributed by atoms with E-state index < -0.39 is 131 Å². The van der Waals surface area contributed by atoms with E-state index in [2.05, 4.69) is 57.2 Å². The number of para-hydroxylation sites is 1. The second kappa shape index (κ2) is 38.0. The number of hydrogen-bond acceptors (Lipinski definition) is 19. The first-order valence-electron chi connectivity index (χ1n) is 33.2. The maximum absolute atomic E-state index is 15.0. The molecule has 23 N–H and O–H groups in total. The average Bonchev–Trinajstić information content (AvgIpc) is 1.61. The summed E-state index contributed by atoms with van der Waals surface area (Å²) in [6.45, 7) is 1.26. The number of primary amides is 1. The van der Waals surface area contributed by atoms with Gasteiger partial charge in [-0.3, -0.25) is 57.7 Å². The molecule has 7 rings (SSSR count). The van der Waals surface area contributed by atoms with Crippen LogP contribution in [0.5, 0.6) is 0 Å². The number of aromatic amines is 2. The first-order chi connectivity index (χ1) is 46.2. The van der Waals surface area contributed by atoms with Crippen LogP contribution in [0.2, 0.25) is 0 Å². The number of guanidine groups is 1. The lowest BCUT2D eigenvalue weighted by molar-refractivity contribution is -0.145. The molecule has 32 nitrogen and oxygen atoms in total. The monoisotopic (exact) mass is 1380 g/mol. The minimum atomic E-state index is -1.50. The van der Waals surface area contributed by atoms with Crippen LogP contribution in [0, 0.1) is 0 Å². The highest BCUT2D eigenvalue weighted by atomic mass is 33.1. The molecule has 11 atom stereocenters. The lowest BCUT2D eigenvalue weighted by Gasteiger charge is -2.33. The van der Waals surface area contributed by atoms with Crippen LogP contribution >= 0.6 is 21.6 Å². The highest BCUT2D eigenvalue weighted by Crippen LogP contribution is 2.28. The number of rotatable bonds is 25. The Kier molecular flexibility index (Phi) is 29.8. The van der Waals surface area contributed by atoms with E-state index in [-0.39, 0.29) is 121 Å². The summed E-state index contributed by atoms with van der Waals surface area (Å²) in [6.07, 6.45) is 9.38. The normalized spacial score (nSPS) is 24.6. The molecule has 0 aliphatic carbocycles. The van der Waals surface area contributed by atoms with Crippen molar-refractivity contribution in [3.63, 3.8) is 0 Å². The number of nitrogens with zero attached hydrogens (tertiary/aromatic N) is 5. The average molecular weight is 1380 g/mol. The predicted molar refractivity (Wildman–Crippen MR) is 363 cm³/mol. The summed E-state index contributed by atoms with van der Waals surface area (Å²) in [5.74, 6) is -8.55. The molecule has 4 saturated heterocycles. The third-order valence-electron chi connectivity index (χ3n) is 17.7. The summed E-state index contributed by atoms with van der Waals surface area (Å²) in [5, 5.41) is 20.5. The zero-order valence-electron chi connectivity index (χ0n) is 54.3. The number of benzene rings is 1. The molecule has 2 aromatic heterocycles. The molecule has 0 spiro atoms. The standard InChI is InChI=1S/C62H97N21O11S2/c63-22-6-3-15-42-59(92)82-27-11-20-49(82)57(90)77-44(17-5-8-24-65)61(94)83-28-12-21-50(83)58(91)76-43(16-4-7-23-64)60(93)81-26-10-19-48(81)56(89)74-41(18-9-25-71-62(68)69)53(86)80-47(55(88)78-45(51(67)84)30-37-32-70-35-73-37)34-96-95-33-46(54(87)75-42)79-52(85)39(66)29-36-31-72-40-14-2-1-13-38(36)40/h1-2,13-14,31-32,35,39,41-50,72H,3-12,15-30,33-34,63-66H2,(H2,67,84)(H,70,73)(H,74,89)(H,75,87)(H,76,91)(H,77,90)(H,78,88)(H,79,85)(H,80,86)(H4,68,69,71)/t39-,41-,42-,43-,44-,45-,46-,47-,48-,49-,50-/m0/s1. The van der Waals surface area contributed by atoms with Crippen molar-refractivity contribution < 1.29 is 52.7 Å². The SMILES string of the molecule is NCCCC[C@@H]1NC(=O)[C@@H](NC(=O)[C@@H](N)Cc2c[nH]c3ccccc23)CSSC[C@@H](C(=O)N[C@@H](Cc2cnc[nH]2)C(N)=O)NC(=O)[C@H](CCCN=C(N)N)NC(=O)[C@@H]2CCCN2C(=O)[C@H](CCCCN)NC(=O)[C@@H]2CCCN2C(=O)[C@H](CCCCN)NC(=O)[C@@H]2CCCN2C1=O. The van der Waals surface area contributed by atoms with Gasteiger partial charge in [0.05, 0.1) is 12.4 Å². The molecular formula is C62H97N21O11S2. The second-order valence-corrected chi connectivity index (χ2v) is 27.3. The summed E-state index contributed by atoms with van der Waals surface area (Å²) < 4.78 is 0. The molecule has 6 heterocycles. The van der Waals surface area contributed by atoms with Gasteiger partial charge in [-0.15, -0.1) is 0 Å². The second-order valence-electron chi connectivity index (χ2n) is 24.7. The molecule has 3 aromatic rings. The van der Waals surface area contributed by atoms with Crippen molar-refractivity contribution in [1.29, 1.82) is 0 Å². The van der Waals surface area contributed by atoms with E-state index in [0.717, 1.165) is 38.1 Å². The Morgan fingerprint density at radius 3 is 1.60 bits per heavy atom. The molecule has 0 saturated carbocycles. The number of nitrogens with one attached hydrogen (secondary N) is 9. The Morgan fingerprint density at radius 2 is 1.10 bits per heavy atom. The smallest absolute Gasteiger partial charge is 0.245 e. The molecule has 0 radical (unpaired) electrons. The molecule has 34 heteroatoms. The molecule has 11 amide bonds. The zero-order valence-corrected chi connectivity index (χ0v) is 55.9. The zero-order chi connectivity index (χ0) is 69.3. The number of aromatic nitrogens is 3. The van der Waals surface area contributed by atoms with Crippen LogP contribution in [0.15, 0.2) is 48.0 Å². The molecule has 528 valence electrons. The number of amides is 11. The maximum atomic E-state index is 15.0. The highest BCUT2D eigenvalue weighted by molar-refractivity contribution is 8.76. The van der Waals surface area contributed by atoms with Crippen LogP contribution in [0.1, 0.15) is 120 Å². The van der Waals surface area contributed by atoms with Crippen LogP contribution in [-0.2, 0) is 65.6 Å². The molecule has 4 fully saturated rings. The van der Waals surface area contributed by atoms with Crippen LogP contribution in [-0.4, -0.2) is 224 Å². The Bertz CT molecular complexity index is 3170. The van der Waals surface area contributed by atoms with Crippen molar-refractivity contribution in [3.05, 3.63) is 54.2 Å². The third kappa shape index (κ3) is 21.5. The van der Waals surface area contributed by atoms with Gasteiger partial charge in [-0.05, 0) is 147 Å². The van der Waals surface area contributed by atoms with Crippen LogP contribution in [0.25, 0.3) is 10.9 Å². The van der Waals surface area contributed by atoms with E-state index in [4.69, 9.17) is 40.1 Å². The fourth-order valence-electron chi connectivity index (χ4n) is 12.5. The van der Waals surface area contributed by atoms with E-state index in [9.17, 15) is 47.9 Å². The summed E-state index contributed by atoms with van der Waals surface area (Å²) >= 11 is 0. The lowest BCUT2D eigenvalue weighted by Crippen LogP contribution is -2.60. The van der Waals surface area contributed by atoms with Crippen molar-refractivity contribution in [1.82, 2.24) is 66.9 Å². The van der Waals surface area contributed by atoms with Gasteiger partial charge in [0.15, 0.2) is 5.96 Å². The van der Waals surface area contributed by atoms with Crippen LogP contribution < -0.4 is 77.4 Å². The Labute approximate surface area is 565 Å². The first-order valence-corrected chi connectivity index (χ1v) is 35.7. The molecule has 1 aromatic carbocycles. The Balaban J connectivity index is 1.26. The number of imidazole rings is 1. The number of carbonyl (C=O) groups is 11. The van der Waals surface area contributed by atoms with E-state index in [0.29, 0.717) is 70.0 Å². The van der Waals surface area contributed by atoms with Crippen molar-refractivity contribution in [3.8, 4) is 0 Å². The summed E-state index contributed by atoms with van der Waals surface area (Å²) in [6, 6.07) is -6.22. The minimum absolute atomic E-state index is 0.0265. The highest BCUT2D eigenvalue weighted by Gasteiger charge is 2.45. The number of fused-ring (bicyclic) bond motifs is 4. The van der Waals surface area contributed by atoms with Gasteiger partial charge in [0.2, 0.25) is 65.0 Å². The van der Waals surface area contributed by atoms with E-state index >= 15 is 4.79 Å². The summed E-state index contributed by atoms with van der Waals surface area (Å²) in [4.78, 5) is 179. The number of H-pyrrole nitrogens is 2. The van der Waals surface area contributed by atoms with Gasteiger partial charge in [-0.1, -0.05) is 39.8 Å². The van der Waals surface area contributed by atoms with Gasteiger partial charge in [-0.25, -0.2) is 4.98 Å². The van der Waals surface area contributed by atoms with Gasteiger partial charge in [0.1, 0.15) is 60.4 Å². The molecular weight excluding hydrogens is 1280 g/mol. The topological polar surface area (TPSA) is 521 Å². The molecule has 4 aliphatic heterocycles. The number of unbranched alkanes of at least 4 members (excludes halogenated alkanes) is 3. The van der Waals surface area contributed by atoms with Crippen molar-refractivity contribution in [2.75, 3.05) is 57.3 Å².